The van der Waals surface area contributed by atoms with E-state index < -0.39 is 6.04 Å². The number of aromatic nitrogens is 1. The van der Waals surface area contributed by atoms with Crippen LogP contribution in [0.1, 0.15) is 60.1 Å². The zero-order chi connectivity index (χ0) is 32.3. The van der Waals surface area contributed by atoms with Gasteiger partial charge in [0.1, 0.15) is 6.04 Å². The first-order valence-corrected chi connectivity index (χ1v) is 17.6. The van der Waals surface area contributed by atoms with Gasteiger partial charge in [-0.3, -0.25) is 19.5 Å². The molecule has 0 radical (unpaired) electrons. The molecule has 1 aliphatic heterocycles. The smallest absolute Gasteiger partial charge is 0.251 e. The molecule has 3 aromatic carbocycles. The zero-order valence-corrected chi connectivity index (χ0v) is 27.9. The molecular formula is C39H44ClN5O2. The van der Waals surface area contributed by atoms with E-state index in [0.717, 1.165) is 41.4 Å². The van der Waals surface area contributed by atoms with Gasteiger partial charge in [-0.25, -0.2) is 0 Å². The number of nitrogens with zero attached hydrogens (tertiary/aromatic N) is 4. The lowest BCUT2D eigenvalue weighted by Crippen LogP contribution is -2.55. The Kier molecular flexibility index (Phi) is 9.46. The second-order valence-electron chi connectivity index (χ2n) is 13.7. The highest BCUT2D eigenvalue weighted by Crippen LogP contribution is 2.39. The van der Waals surface area contributed by atoms with Gasteiger partial charge in [-0.15, -0.1) is 0 Å². The summed E-state index contributed by atoms with van der Waals surface area (Å²) < 4.78 is 0. The van der Waals surface area contributed by atoms with Crippen LogP contribution in [0.5, 0.6) is 0 Å². The Morgan fingerprint density at radius 3 is 2.30 bits per heavy atom. The number of anilines is 1. The van der Waals surface area contributed by atoms with Crippen molar-refractivity contribution in [3.8, 4) is 0 Å². The van der Waals surface area contributed by atoms with Gasteiger partial charge in [-0.1, -0.05) is 48.0 Å². The standard InChI is InChI=1S/C39H44ClN5O2/c1-27(45(25-29-8-9-29)26-30-10-11-30)34-6-2-3-7-37(34)43-19-21-44(22-20-43)39(47)36(23-28-12-15-33(40)16-13-28)42-38(46)32-14-17-35-31(24-32)5-4-18-41-35/h2-7,12-18,24,27,29-30,36H,8-11,19-23,25-26H2,1H3,(H,42,46). The number of fused-ring (bicyclic) bond motifs is 1. The molecule has 3 aliphatic rings. The minimum Gasteiger partial charge on any atom is -0.368 e. The lowest BCUT2D eigenvalue weighted by atomic mass is 10.0. The first-order chi connectivity index (χ1) is 22.9. The molecule has 2 atom stereocenters. The van der Waals surface area contributed by atoms with E-state index in [9.17, 15) is 9.59 Å². The molecule has 1 saturated heterocycles. The van der Waals surface area contributed by atoms with Gasteiger partial charge in [0, 0.05) is 79.6 Å². The minimum atomic E-state index is -0.703. The number of benzene rings is 3. The van der Waals surface area contributed by atoms with Crippen LogP contribution in [0.4, 0.5) is 5.69 Å². The van der Waals surface area contributed by atoms with E-state index >= 15 is 0 Å². The van der Waals surface area contributed by atoms with Gasteiger partial charge in [-0.2, -0.15) is 0 Å². The summed E-state index contributed by atoms with van der Waals surface area (Å²) in [5.41, 5.74) is 4.93. The molecule has 1 N–H and O–H groups in total. The lowest BCUT2D eigenvalue weighted by molar-refractivity contribution is -0.133. The Morgan fingerprint density at radius 1 is 0.894 bits per heavy atom. The van der Waals surface area contributed by atoms with Crippen molar-refractivity contribution in [1.29, 1.82) is 0 Å². The fourth-order valence-electron chi connectivity index (χ4n) is 6.88. The van der Waals surface area contributed by atoms with Crippen molar-refractivity contribution in [3.63, 3.8) is 0 Å². The van der Waals surface area contributed by atoms with E-state index in [4.69, 9.17) is 11.6 Å². The molecule has 47 heavy (non-hydrogen) atoms. The average Bonchev–Trinajstić information content (AvgIpc) is 4.06. The van der Waals surface area contributed by atoms with Gasteiger partial charge in [-0.05, 0) is 98.0 Å². The van der Waals surface area contributed by atoms with Gasteiger partial charge in [0.15, 0.2) is 0 Å². The summed E-state index contributed by atoms with van der Waals surface area (Å²) in [6.45, 7) is 7.48. The number of hydrogen-bond donors (Lipinski definition) is 1. The Morgan fingerprint density at radius 2 is 1.60 bits per heavy atom. The Balaban J connectivity index is 1.05. The van der Waals surface area contributed by atoms with Crippen molar-refractivity contribution in [2.24, 2.45) is 11.8 Å². The fraction of sp³-hybridized carbons (Fsp3) is 0.410. The predicted octanol–water partition coefficient (Wildman–Crippen LogP) is 6.76. The van der Waals surface area contributed by atoms with Crippen LogP contribution in [-0.4, -0.2) is 71.9 Å². The molecule has 4 aromatic rings. The molecule has 2 heterocycles. The first-order valence-electron chi connectivity index (χ1n) is 17.2. The first kappa shape index (κ1) is 31.6. The third kappa shape index (κ3) is 7.79. The van der Waals surface area contributed by atoms with Crippen LogP contribution in [0.25, 0.3) is 10.9 Å². The molecule has 0 bridgehead atoms. The van der Waals surface area contributed by atoms with Crippen LogP contribution in [0.15, 0.2) is 85.1 Å². The van der Waals surface area contributed by atoms with E-state index in [1.165, 1.54) is 50.0 Å². The number of pyridine rings is 1. The number of carbonyl (C=O) groups is 2. The van der Waals surface area contributed by atoms with Crippen LogP contribution >= 0.6 is 11.6 Å². The number of hydrogen-bond acceptors (Lipinski definition) is 5. The Bertz CT molecular complexity index is 1700. The molecule has 2 saturated carbocycles. The molecule has 0 spiro atoms. The third-order valence-corrected chi connectivity index (χ3v) is 10.3. The second-order valence-corrected chi connectivity index (χ2v) is 14.1. The van der Waals surface area contributed by atoms with Crippen LogP contribution in [0, 0.1) is 11.8 Å². The largest absolute Gasteiger partial charge is 0.368 e. The van der Waals surface area contributed by atoms with Crippen molar-refractivity contribution >= 4 is 40.0 Å². The maximum atomic E-state index is 14.1. The normalized spacial score (nSPS) is 17.9. The number of carbonyl (C=O) groups excluding carboxylic acids is 2. The van der Waals surface area contributed by atoms with Gasteiger partial charge in [0.05, 0.1) is 5.52 Å². The monoisotopic (exact) mass is 649 g/mol. The minimum absolute atomic E-state index is 0.0582. The van der Waals surface area contributed by atoms with Gasteiger partial charge < -0.3 is 15.1 Å². The topological polar surface area (TPSA) is 68.8 Å². The highest BCUT2D eigenvalue weighted by Gasteiger charge is 2.34. The lowest BCUT2D eigenvalue weighted by Gasteiger charge is -2.40. The molecule has 2 aliphatic carbocycles. The number of nitrogens with one attached hydrogen (secondary N) is 1. The Labute approximate surface area is 282 Å². The molecule has 2 amide bonds. The van der Waals surface area contributed by atoms with Crippen molar-refractivity contribution in [2.75, 3.05) is 44.2 Å². The van der Waals surface area contributed by atoms with Crippen molar-refractivity contribution in [1.82, 2.24) is 20.1 Å². The number of piperazine rings is 1. The van der Waals surface area contributed by atoms with Gasteiger partial charge in [0.2, 0.25) is 5.91 Å². The molecule has 7 nitrogen and oxygen atoms in total. The summed E-state index contributed by atoms with van der Waals surface area (Å²) in [5.74, 6) is 1.39. The maximum absolute atomic E-state index is 14.1. The van der Waals surface area contributed by atoms with Crippen molar-refractivity contribution in [3.05, 3.63) is 107 Å². The Hall–Kier alpha value is -3.94. The number of para-hydroxylation sites is 1. The summed E-state index contributed by atoms with van der Waals surface area (Å²) in [7, 11) is 0. The highest BCUT2D eigenvalue weighted by atomic mass is 35.5. The van der Waals surface area contributed by atoms with E-state index in [0.29, 0.717) is 36.1 Å². The summed E-state index contributed by atoms with van der Waals surface area (Å²) in [5, 5.41) is 4.60. The van der Waals surface area contributed by atoms with Gasteiger partial charge >= 0.3 is 0 Å². The van der Waals surface area contributed by atoms with Crippen molar-refractivity contribution < 1.29 is 9.59 Å². The van der Waals surface area contributed by atoms with E-state index in [-0.39, 0.29) is 11.8 Å². The van der Waals surface area contributed by atoms with Crippen LogP contribution in [-0.2, 0) is 11.2 Å². The zero-order valence-electron chi connectivity index (χ0n) is 27.2. The third-order valence-electron chi connectivity index (χ3n) is 10.1. The molecule has 1 aromatic heterocycles. The number of amides is 2. The highest BCUT2D eigenvalue weighted by molar-refractivity contribution is 6.30. The van der Waals surface area contributed by atoms with Crippen molar-refractivity contribution in [2.45, 2.75) is 51.1 Å². The summed E-state index contributed by atoms with van der Waals surface area (Å²) >= 11 is 6.15. The average molecular weight is 650 g/mol. The fourth-order valence-corrected chi connectivity index (χ4v) is 7.01. The number of rotatable bonds is 12. The summed E-state index contributed by atoms with van der Waals surface area (Å²) in [4.78, 5) is 39.1. The molecule has 8 heteroatoms. The SMILES string of the molecule is CC(c1ccccc1N1CCN(C(=O)C(Cc2ccc(Cl)cc2)NC(=O)c2ccc3ncccc3c2)CC1)N(CC1CC1)CC1CC1. The summed E-state index contributed by atoms with van der Waals surface area (Å²) in [6.07, 6.45) is 7.58. The molecule has 3 fully saturated rings. The molecule has 7 rings (SSSR count). The van der Waals surface area contributed by atoms with E-state index in [1.807, 2.05) is 53.4 Å². The second kappa shape index (κ2) is 14.0. The van der Waals surface area contributed by atoms with Crippen LogP contribution in [0.3, 0.4) is 0 Å². The van der Waals surface area contributed by atoms with Gasteiger partial charge in [0.25, 0.3) is 5.91 Å². The molecule has 2 unspecified atom stereocenters. The number of halogens is 1. The van der Waals surface area contributed by atoms with Crippen LogP contribution < -0.4 is 10.2 Å². The van der Waals surface area contributed by atoms with E-state index in [2.05, 4.69) is 51.3 Å². The quantitative estimate of drug-likeness (QED) is 0.184. The summed E-state index contributed by atoms with van der Waals surface area (Å²) in [6, 6.07) is 25.2. The maximum Gasteiger partial charge on any atom is 0.251 e. The predicted molar refractivity (Wildman–Crippen MR) is 189 cm³/mol. The molecular weight excluding hydrogens is 606 g/mol. The molecule has 244 valence electrons. The van der Waals surface area contributed by atoms with E-state index in [1.54, 1.807) is 12.3 Å². The van der Waals surface area contributed by atoms with Crippen LogP contribution in [0.2, 0.25) is 5.02 Å².